The molecule has 1 saturated carbocycles. The van der Waals surface area contributed by atoms with Crippen molar-refractivity contribution < 1.29 is 9.53 Å². The van der Waals surface area contributed by atoms with Crippen molar-refractivity contribution in [3.8, 4) is 0 Å². The van der Waals surface area contributed by atoms with E-state index in [1.165, 1.54) is 12.8 Å². The van der Waals surface area contributed by atoms with Crippen LogP contribution in [0.2, 0.25) is 0 Å². The minimum atomic E-state index is -0.384. The van der Waals surface area contributed by atoms with Crippen LogP contribution in [0, 0.1) is 5.41 Å². The highest BCUT2D eigenvalue weighted by Gasteiger charge is 2.35. The normalized spacial score (nSPS) is 20.6. The van der Waals surface area contributed by atoms with E-state index in [-0.39, 0.29) is 11.4 Å². The lowest BCUT2D eigenvalue weighted by atomic mass is 9.87. The molecule has 1 heterocycles. The van der Waals surface area contributed by atoms with Crippen LogP contribution in [0.5, 0.6) is 0 Å². The summed E-state index contributed by atoms with van der Waals surface area (Å²) in [5.41, 5.74) is 6.80. The van der Waals surface area contributed by atoms with Gasteiger partial charge in [0.15, 0.2) is 0 Å². The van der Waals surface area contributed by atoms with Gasteiger partial charge in [0.1, 0.15) is 11.4 Å². The Morgan fingerprint density at radius 3 is 2.95 bits per heavy atom. The summed E-state index contributed by atoms with van der Waals surface area (Å²) in [6.45, 7) is 6.59. The molecule has 0 aromatic carbocycles. The lowest BCUT2D eigenvalue weighted by Gasteiger charge is -2.28. The van der Waals surface area contributed by atoms with Crippen molar-refractivity contribution in [2.24, 2.45) is 5.41 Å². The van der Waals surface area contributed by atoms with Crippen LogP contribution in [0.15, 0.2) is 12.3 Å². The largest absolute Gasteiger partial charge is 0.462 e. The molecule has 1 aromatic rings. The molecule has 1 atom stereocenters. The van der Waals surface area contributed by atoms with E-state index in [9.17, 15) is 4.79 Å². The summed E-state index contributed by atoms with van der Waals surface area (Å²) in [4.78, 5) is 16.3. The van der Waals surface area contributed by atoms with Gasteiger partial charge < -0.3 is 15.8 Å². The Balaban J connectivity index is 2.25. The van der Waals surface area contributed by atoms with Crippen LogP contribution >= 0.6 is 0 Å². The molecule has 20 heavy (non-hydrogen) atoms. The fourth-order valence-corrected chi connectivity index (χ4v) is 2.72. The van der Waals surface area contributed by atoms with Gasteiger partial charge in [-0.25, -0.2) is 9.78 Å². The zero-order chi connectivity index (χ0) is 14.8. The summed E-state index contributed by atoms with van der Waals surface area (Å²) >= 11 is 0. The van der Waals surface area contributed by atoms with Crippen LogP contribution in [-0.2, 0) is 4.74 Å². The number of ether oxygens (including phenoxy) is 1. The average Bonchev–Trinajstić information content (AvgIpc) is 2.71. The molecule has 5 nitrogen and oxygen atoms in total. The van der Waals surface area contributed by atoms with Gasteiger partial charge in [-0.2, -0.15) is 0 Å². The van der Waals surface area contributed by atoms with E-state index in [0.717, 1.165) is 6.42 Å². The number of carbonyl (C=O) groups excluding carboxylic acids is 1. The first kappa shape index (κ1) is 14.6. The van der Waals surface area contributed by atoms with Gasteiger partial charge in [-0.15, -0.1) is 0 Å². The molecule has 1 aromatic heterocycles. The number of rotatable bonds is 4. The van der Waals surface area contributed by atoms with Crippen molar-refractivity contribution >= 4 is 17.5 Å². The average molecular weight is 277 g/mol. The number of nitrogens with zero attached hydrogens (tertiary/aromatic N) is 1. The molecule has 0 saturated heterocycles. The van der Waals surface area contributed by atoms with E-state index >= 15 is 0 Å². The van der Waals surface area contributed by atoms with Crippen LogP contribution in [0.3, 0.4) is 0 Å². The number of esters is 1. The molecule has 0 aliphatic heterocycles. The summed E-state index contributed by atoms with van der Waals surface area (Å²) in [6, 6.07) is 1.93. The third kappa shape index (κ3) is 3.03. The Bertz CT molecular complexity index is 500. The number of aromatic nitrogens is 1. The maximum atomic E-state index is 12.0. The van der Waals surface area contributed by atoms with Gasteiger partial charge in [0.2, 0.25) is 0 Å². The second-order valence-electron chi connectivity index (χ2n) is 5.96. The predicted octanol–water partition coefficient (Wildman–Crippen LogP) is 2.83. The van der Waals surface area contributed by atoms with Crippen molar-refractivity contribution in [3.63, 3.8) is 0 Å². The van der Waals surface area contributed by atoms with Gasteiger partial charge in [0, 0.05) is 6.04 Å². The highest BCUT2D eigenvalue weighted by molar-refractivity contribution is 5.95. The van der Waals surface area contributed by atoms with Gasteiger partial charge >= 0.3 is 5.97 Å². The van der Waals surface area contributed by atoms with Crippen molar-refractivity contribution in [1.82, 2.24) is 4.98 Å². The number of pyridine rings is 1. The number of hydrogen-bond donors (Lipinski definition) is 2. The maximum Gasteiger partial charge on any atom is 0.341 e. The van der Waals surface area contributed by atoms with E-state index in [0.29, 0.717) is 29.7 Å². The molecular formula is C15H23N3O2. The Hall–Kier alpha value is -1.78. The molecule has 0 amide bonds. The first-order chi connectivity index (χ1) is 9.44. The minimum absolute atomic E-state index is 0.203. The van der Waals surface area contributed by atoms with Crippen LogP contribution in [0.25, 0.3) is 0 Å². The van der Waals surface area contributed by atoms with Crippen molar-refractivity contribution in [1.29, 1.82) is 0 Å². The maximum absolute atomic E-state index is 12.0. The standard InChI is InChI=1S/C15H23N3O2/c1-4-20-14(19)11-8-10(16)9-17-13(11)18-12-6-5-7-15(12,2)3/h8-9,12H,4-7,16H2,1-3H3,(H,17,18). The number of nitrogens with one attached hydrogen (secondary N) is 1. The Kier molecular flexibility index (Phi) is 4.16. The number of carbonyl (C=O) groups is 1. The molecule has 2 rings (SSSR count). The van der Waals surface area contributed by atoms with Crippen molar-refractivity contribution in [3.05, 3.63) is 17.8 Å². The SMILES string of the molecule is CCOC(=O)c1cc(N)cnc1NC1CCCC1(C)C. The third-order valence-corrected chi connectivity index (χ3v) is 3.97. The van der Waals surface area contributed by atoms with Crippen LogP contribution in [-0.4, -0.2) is 23.6 Å². The first-order valence-corrected chi connectivity index (χ1v) is 7.13. The summed E-state index contributed by atoms with van der Waals surface area (Å²) in [7, 11) is 0. The summed E-state index contributed by atoms with van der Waals surface area (Å²) in [5.74, 6) is 0.184. The molecule has 3 N–H and O–H groups in total. The van der Waals surface area contributed by atoms with Gasteiger partial charge in [0.05, 0.1) is 18.5 Å². The number of hydrogen-bond acceptors (Lipinski definition) is 5. The molecule has 110 valence electrons. The Labute approximate surface area is 119 Å². The molecule has 1 aliphatic rings. The van der Waals surface area contributed by atoms with Gasteiger partial charge in [-0.3, -0.25) is 0 Å². The van der Waals surface area contributed by atoms with E-state index < -0.39 is 0 Å². The molecule has 0 bridgehead atoms. The number of anilines is 2. The molecule has 0 radical (unpaired) electrons. The molecule has 0 spiro atoms. The molecule has 5 heteroatoms. The second-order valence-corrected chi connectivity index (χ2v) is 5.96. The Morgan fingerprint density at radius 1 is 1.60 bits per heavy atom. The zero-order valence-electron chi connectivity index (χ0n) is 12.4. The van der Waals surface area contributed by atoms with Gasteiger partial charge in [-0.1, -0.05) is 20.3 Å². The van der Waals surface area contributed by atoms with Crippen LogP contribution in [0.1, 0.15) is 50.4 Å². The molecular weight excluding hydrogens is 254 g/mol. The lowest BCUT2D eigenvalue weighted by molar-refractivity contribution is 0.0527. The van der Waals surface area contributed by atoms with E-state index in [4.69, 9.17) is 10.5 Å². The summed E-state index contributed by atoms with van der Waals surface area (Å²) in [5, 5.41) is 3.40. The van der Waals surface area contributed by atoms with E-state index in [1.807, 2.05) is 0 Å². The number of nitrogen functional groups attached to an aromatic ring is 1. The second kappa shape index (κ2) is 5.69. The molecule has 1 fully saturated rings. The van der Waals surface area contributed by atoms with E-state index in [1.54, 1.807) is 19.2 Å². The van der Waals surface area contributed by atoms with E-state index in [2.05, 4.69) is 24.1 Å². The highest BCUT2D eigenvalue weighted by Crippen LogP contribution is 2.39. The fourth-order valence-electron chi connectivity index (χ4n) is 2.72. The van der Waals surface area contributed by atoms with Crippen molar-refractivity contribution in [2.75, 3.05) is 17.7 Å². The number of nitrogens with two attached hydrogens (primary N) is 1. The molecule has 1 aliphatic carbocycles. The smallest absolute Gasteiger partial charge is 0.341 e. The topological polar surface area (TPSA) is 77.2 Å². The predicted molar refractivity (Wildman–Crippen MR) is 79.6 cm³/mol. The third-order valence-electron chi connectivity index (χ3n) is 3.97. The minimum Gasteiger partial charge on any atom is -0.462 e. The molecule has 1 unspecified atom stereocenters. The monoisotopic (exact) mass is 277 g/mol. The zero-order valence-corrected chi connectivity index (χ0v) is 12.4. The summed E-state index contributed by atoms with van der Waals surface area (Å²) < 4.78 is 5.07. The van der Waals surface area contributed by atoms with Crippen LogP contribution < -0.4 is 11.1 Å². The lowest BCUT2D eigenvalue weighted by Crippen LogP contribution is -2.32. The summed E-state index contributed by atoms with van der Waals surface area (Å²) in [6.07, 6.45) is 5.01. The fraction of sp³-hybridized carbons (Fsp3) is 0.600. The van der Waals surface area contributed by atoms with Crippen LogP contribution in [0.4, 0.5) is 11.5 Å². The van der Waals surface area contributed by atoms with Gasteiger partial charge in [-0.05, 0) is 31.2 Å². The van der Waals surface area contributed by atoms with Gasteiger partial charge in [0.25, 0.3) is 0 Å². The Morgan fingerprint density at radius 2 is 2.35 bits per heavy atom. The quantitative estimate of drug-likeness (QED) is 0.827. The van der Waals surface area contributed by atoms with Crippen molar-refractivity contribution in [2.45, 2.75) is 46.1 Å². The highest BCUT2D eigenvalue weighted by atomic mass is 16.5. The first-order valence-electron chi connectivity index (χ1n) is 7.13.